The number of nitrogens with zero attached hydrogens (tertiary/aromatic N) is 1. The number of hydrogen-bond acceptors (Lipinski definition) is 4. The Kier molecular flexibility index (Phi) is 3.49. The van der Waals surface area contributed by atoms with E-state index in [-0.39, 0.29) is 19.3 Å². The molecule has 0 bridgehead atoms. The van der Waals surface area contributed by atoms with Crippen molar-refractivity contribution in [2.45, 2.75) is 18.9 Å². The summed E-state index contributed by atoms with van der Waals surface area (Å²) in [6.45, 7) is 1.83. The number of carbonyl (C=O) groups is 2. The highest BCUT2D eigenvalue weighted by Crippen LogP contribution is 2.44. The highest BCUT2D eigenvalue weighted by molar-refractivity contribution is 5.83. The van der Waals surface area contributed by atoms with Crippen LogP contribution in [-0.4, -0.2) is 36.3 Å². The molecule has 0 N–H and O–H groups in total. The van der Waals surface area contributed by atoms with Crippen LogP contribution in [0.1, 0.15) is 24.0 Å². The van der Waals surface area contributed by atoms with Crippen molar-refractivity contribution in [1.29, 1.82) is 0 Å². The van der Waals surface area contributed by atoms with E-state index in [1.54, 1.807) is 6.92 Å². The second-order valence-corrected chi connectivity index (χ2v) is 6.04. The van der Waals surface area contributed by atoms with Crippen molar-refractivity contribution in [2.24, 2.45) is 0 Å². The Labute approximate surface area is 139 Å². The number of ether oxygens (including phenoxy) is 2. The first kappa shape index (κ1) is 14.8. The molecule has 0 unspecified atom stereocenters. The summed E-state index contributed by atoms with van der Waals surface area (Å²) >= 11 is 0. The Bertz CT molecular complexity index is 771. The third kappa shape index (κ3) is 2.24. The number of fused-ring (bicyclic) bond motifs is 3. The normalized spacial score (nSPS) is 19.0. The van der Waals surface area contributed by atoms with E-state index < -0.39 is 18.1 Å². The van der Waals surface area contributed by atoms with E-state index in [4.69, 9.17) is 9.47 Å². The Morgan fingerprint density at radius 2 is 1.71 bits per heavy atom. The maximum Gasteiger partial charge on any atom is 0.413 e. The molecular weight excluding hydrogens is 306 g/mol. The Balaban J connectivity index is 1.55. The van der Waals surface area contributed by atoms with Crippen LogP contribution in [0.2, 0.25) is 0 Å². The van der Waals surface area contributed by atoms with Gasteiger partial charge in [-0.3, -0.25) is 4.90 Å². The zero-order valence-corrected chi connectivity index (χ0v) is 13.3. The number of hydrogen-bond donors (Lipinski definition) is 0. The van der Waals surface area contributed by atoms with Crippen LogP contribution in [-0.2, 0) is 14.3 Å². The molecule has 24 heavy (non-hydrogen) atoms. The third-order valence-electron chi connectivity index (χ3n) is 4.73. The van der Waals surface area contributed by atoms with Gasteiger partial charge >= 0.3 is 12.1 Å². The number of esters is 1. The summed E-state index contributed by atoms with van der Waals surface area (Å²) in [6, 6.07) is 15.7. The van der Waals surface area contributed by atoms with Crippen LogP contribution >= 0.6 is 0 Å². The minimum Gasteiger partial charge on any atom is -0.448 e. The highest BCUT2D eigenvalue weighted by atomic mass is 16.6. The van der Waals surface area contributed by atoms with Gasteiger partial charge in [0, 0.05) is 5.92 Å². The zero-order chi connectivity index (χ0) is 16.7. The van der Waals surface area contributed by atoms with Crippen LogP contribution in [0.25, 0.3) is 11.1 Å². The summed E-state index contributed by atoms with van der Waals surface area (Å²) in [5.74, 6) is -0.389. The minimum atomic E-state index is -0.597. The van der Waals surface area contributed by atoms with Crippen molar-refractivity contribution in [3.63, 3.8) is 0 Å². The van der Waals surface area contributed by atoms with Crippen molar-refractivity contribution < 1.29 is 19.1 Å². The molecule has 0 radical (unpaired) electrons. The first-order valence-corrected chi connectivity index (χ1v) is 7.95. The Morgan fingerprint density at radius 3 is 2.25 bits per heavy atom. The van der Waals surface area contributed by atoms with E-state index in [2.05, 4.69) is 24.3 Å². The van der Waals surface area contributed by atoms with E-state index in [0.29, 0.717) is 0 Å². The SMILES string of the molecule is C[C@H]1C(=O)OCN1C(=O)OCC1c2ccccc2-c2ccccc21. The lowest BCUT2D eigenvalue weighted by Gasteiger charge is -2.19. The summed E-state index contributed by atoms with van der Waals surface area (Å²) in [5, 5.41) is 0. The zero-order valence-electron chi connectivity index (χ0n) is 13.3. The van der Waals surface area contributed by atoms with Gasteiger partial charge in [-0.25, -0.2) is 9.59 Å². The molecule has 4 rings (SSSR count). The molecule has 0 aromatic heterocycles. The van der Waals surface area contributed by atoms with Gasteiger partial charge in [-0.1, -0.05) is 48.5 Å². The summed E-state index contributed by atoms with van der Waals surface area (Å²) in [5.41, 5.74) is 4.69. The number of rotatable bonds is 2. The fourth-order valence-corrected chi connectivity index (χ4v) is 3.38. The minimum absolute atomic E-state index is 0.0101. The van der Waals surface area contributed by atoms with Gasteiger partial charge in [0.1, 0.15) is 12.6 Å². The predicted molar refractivity (Wildman–Crippen MR) is 87.3 cm³/mol. The van der Waals surface area contributed by atoms with Crippen molar-refractivity contribution >= 4 is 12.1 Å². The van der Waals surface area contributed by atoms with Gasteiger partial charge in [-0.05, 0) is 29.2 Å². The summed E-state index contributed by atoms with van der Waals surface area (Å²) in [4.78, 5) is 25.0. The lowest BCUT2D eigenvalue weighted by Crippen LogP contribution is -2.37. The largest absolute Gasteiger partial charge is 0.448 e. The molecule has 1 heterocycles. The van der Waals surface area contributed by atoms with Gasteiger partial charge < -0.3 is 9.47 Å². The molecule has 122 valence electrons. The van der Waals surface area contributed by atoms with Gasteiger partial charge in [0.25, 0.3) is 0 Å². The number of amides is 1. The Hall–Kier alpha value is -2.82. The average Bonchev–Trinajstić information content (AvgIpc) is 3.11. The molecule has 1 aliphatic carbocycles. The molecule has 1 saturated heterocycles. The topological polar surface area (TPSA) is 55.8 Å². The summed E-state index contributed by atoms with van der Waals surface area (Å²) in [6.07, 6.45) is -0.518. The summed E-state index contributed by atoms with van der Waals surface area (Å²) in [7, 11) is 0. The van der Waals surface area contributed by atoms with Gasteiger partial charge in [-0.15, -0.1) is 0 Å². The number of cyclic esters (lactones) is 1. The molecule has 2 aromatic rings. The molecule has 0 spiro atoms. The van der Waals surface area contributed by atoms with Crippen molar-refractivity contribution in [2.75, 3.05) is 13.3 Å². The maximum absolute atomic E-state index is 12.3. The van der Waals surface area contributed by atoms with E-state index in [1.807, 2.05) is 24.3 Å². The van der Waals surface area contributed by atoms with Crippen molar-refractivity contribution in [1.82, 2.24) is 4.90 Å². The first-order valence-electron chi connectivity index (χ1n) is 7.95. The van der Waals surface area contributed by atoms with Gasteiger partial charge in [-0.2, -0.15) is 0 Å². The highest BCUT2D eigenvalue weighted by Gasteiger charge is 2.36. The molecule has 0 saturated carbocycles. The molecule has 1 atom stereocenters. The van der Waals surface area contributed by atoms with Gasteiger partial charge in [0.05, 0.1) is 0 Å². The van der Waals surface area contributed by atoms with Crippen LogP contribution < -0.4 is 0 Å². The molecule has 1 fully saturated rings. The van der Waals surface area contributed by atoms with E-state index in [1.165, 1.54) is 16.0 Å². The monoisotopic (exact) mass is 323 g/mol. The smallest absolute Gasteiger partial charge is 0.413 e. The van der Waals surface area contributed by atoms with Crippen LogP contribution in [0.3, 0.4) is 0 Å². The predicted octanol–water partition coefficient (Wildman–Crippen LogP) is 3.14. The fraction of sp³-hybridized carbons (Fsp3) is 0.263. The molecule has 1 amide bonds. The number of benzene rings is 2. The maximum atomic E-state index is 12.3. The molecule has 2 aromatic carbocycles. The van der Waals surface area contributed by atoms with Crippen LogP contribution in [0.15, 0.2) is 48.5 Å². The standard InChI is InChI=1S/C19H17NO4/c1-12-18(21)24-11-20(12)19(22)23-10-17-15-8-4-2-6-13(15)14-7-3-5-9-16(14)17/h2-9,12,17H,10-11H2,1H3/t12-/m0/s1. The van der Waals surface area contributed by atoms with E-state index in [0.717, 1.165) is 11.1 Å². The Morgan fingerprint density at radius 1 is 1.12 bits per heavy atom. The molecule has 1 aliphatic heterocycles. The average molecular weight is 323 g/mol. The second-order valence-electron chi connectivity index (χ2n) is 6.04. The van der Waals surface area contributed by atoms with Crippen molar-refractivity contribution in [3.05, 3.63) is 59.7 Å². The molecule has 2 aliphatic rings. The quantitative estimate of drug-likeness (QED) is 0.797. The molecule has 5 nitrogen and oxygen atoms in total. The van der Waals surface area contributed by atoms with E-state index >= 15 is 0 Å². The molecular formula is C19H17NO4. The third-order valence-corrected chi connectivity index (χ3v) is 4.73. The van der Waals surface area contributed by atoms with Gasteiger partial charge in [0.2, 0.25) is 0 Å². The summed E-state index contributed by atoms with van der Waals surface area (Å²) < 4.78 is 10.4. The van der Waals surface area contributed by atoms with Crippen LogP contribution in [0, 0.1) is 0 Å². The first-order chi connectivity index (χ1) is 11.7. The fourth-order valence-electron chi connectivity index (χ4n) is 3.38. The van der Waals surface area contributed by atoms with Gasteiger partial charge in [0.15, 0.2) is 6.73 Å². The lowest BCUT2D eigenvalue weighted by atomic mass is 9.98. The van der Waals surface area contributed by atoms with Crippen molar-refractivity contribution in [3.8, 4) is 11.1 Å². The lowest BCUT2D eigenvalue weighted by molar-refractivity contribution is -0.138. The van der Waals surface area contributed by atoms with E-state index in [9.17, 15) is 9.59 Å². The number of carbonyl (C=O) groups excluding carboxylic acids is 2. The van der Waals surface area contributed by atoms with Crippen LogP contribution in [0.5, 0.6) is 0 Å². The molecule has 5 heteroatoms. The van der Waals surface area contributed by atoms with Crippen LogP contribution in [0.4, 0.5) is 4.79 Å². The second kappa shape index (κ2) is 5.67.